The second-order valence-corrected chi connectivity index (χ2v) is 4.17. The number of ether oxygens (including phenoxy) is 1. The molecule has 0 radical (unpaired) electrons. The summed E-state index contributed by atoms with van der Waals surface area (Å²) in [5, 5.41) is 0. The molecule has 2 atom stereocenters. The van der Waals surface area contributed by atoms with Gasteiger partial charge >= 0.3 is 0 Å². The van der Waals surface area contributed by atoms with Crippen molar-refractivity contribution in [3.05, 3.63) is 71.8 Å². The maximum atomic E-state index is 5.68. The Hall–Kier alpha value is -1.68. The van der Waals surface area contributed by atoms with Crippen LogP contribution in [0.3, 0.4) is 0 Å². The van der Waals surface area contributed by atoms with Crippen LogP contribution >= 0.6 is 0 Å². The number of rotatable bonds is 2. The first-order valence-corrected chi connectivity index (χ1v) is 5.97. The molecule has 3 heteroatoms. The van der Waals surface area contributed by atoms with Crippen molar-refractivity contribution in [3.8, 4) is 0 Å². The van der Waals surface area contributed by atoms with E-state index >= 15 is 0 Å². The van der Waals surface area contributed by atoms with Crippen molar-refractivity contribution >= 4 is 0 Å². The minimum absolute atomic E-state index is 0.161. The first-order valence-electron chi connectivity index (χ1n) is 5.97. The van der Waals surface area contributed by atoms with Crippen LogP contribution in [0.2, 0.25) is 0 Å². The molecule has 0 spiro atoms. The molecule has 1 aliphatic rings. The van der Waals surface area contributed by atoms with Crippen LogP contribution < -0.4 is 0 Å². The average molecular weight is 242 g/mol. The van der Waals surface area contributed by atoms with E-state index in [9.17, 15) is 0 Å². The fraction of sp³-hybridized carbons (Fsp3) is 0.200. The zero-order chi connectivity index (χ0) is 12.2. The summed E-state index contributed by atoms with van der Waals surface area (Å²) in [6.45, 7) is 0.490. The van der Waals surface area contributed by atoms with Crippen molar-refractivity contribution in [2.45, 2.75) is 12.4 Å². The Labute approximate surface area is 106 Å². The summed E-state index contributed by atoms with van der Waals surface area (Å²) in [4.78, 5) is 10.7. The Morgan fingerprint density at radius 3 is 1.89 bits per heavy atom. The molecule has 1 heterocycles. The lowest BCUT2D eigenvalue weighted by atomic mass is 10.1. The molecule has 2 aromatic rings. The highest BCUT2D eigenvalue weighted by molar-refractivity contribution is 5.19. The third-order valence-corrected chi connectivity index (χ3v) is 2.90. The fourth-order valence-electron chi connectivity index (χ4n) is 1.93. The molecule has 0 bridgehead atoms. The SMILES string of the molecule is c1ccc(C2COC(c3ccccc3)OO2)cc1. The van der Waals surface area contributed by atoms with Gasteiger partial charge in [0.2, 0.25) is 6.29 Å². The van der Waals surface area contributed by atoms with Gasteiger partial charge in [0.05, 0.1) is 6.61 Å². The average Bonchev–Trinajstić information content (AvgIpc) is 2.49. The Balaban J connectivity index is 1.65. The molecule has 2 aromatic carbocycles. The highest BCUT2D eigenvalue weighted by Crippen LogP contribution is 2.30. The van der Waals surface area contributed by atoms with E-state index in [1.165, 1.54) is 0 Å². The summed E-state index contributed by atoms with van der Waals surface area (Å²) in [6, 6.07) is 19.7. The van der Waals surface area contributed by atoms with Gasteiger partial charge < -0.3 is 4.74 Å². The molecule has 0 saturated carbocycles. The predicted octanol–water partition coefficient (Wildman–Crippen LogP) is 3.40. The molecule has 2 unspecified atom stereocenters. The van der Waals surface area contributed by atoms with Gasteiger partial charge in [0.15, 0.2) is 0 Å². The van der Waals surface area contributed by atoms with Crippen molar-refractivity contribution in [2.75, 3.05) is 6.61 Å². The molecule has 1 fully saturated rings. The molecule has 3 rings (SSSR count). The van der Waals surface area contributed by atoms with Crippen LogP contribution in [0.25, 0.3) is 0 Å². The van der Waals surface area contributed by atoms with E-state index < -0.39 is 6.29 Å². The number of hydrogen-bond acceptors (Lipinski definition) is 3. The second-order valence-electron chi connectivity index (χ2n) is 4.17. The van der Waals surface area contributed by atoms with Crippen LogP contribution in [0.5, 0.6) is 0 Å². The van der Waals surface area contributed by atoms with Crippen molar-refractivity contribution < 1.29 is 14.5 Å². The largest absolute Gasteiger partial charge is 0.343 e. The van der Waals surface area contributed by atoms with E-state index in [2.05, 4.69) is 0 Å². The Morgan fingerprint density at radius 1 is 0.722 bits per heavy atom. The van der Waals surface area contributed by atoms with Crippen LogP contribution in [0, 0.1) is 0 Å². The molecule has 3 nitrogen and oxygen atoms in total. The van der Waals surface area contributed by atoms with E-state index in [4.69, 9.17) is 14.5 Å². The van der Waals surface area contributed by atoms with Gasteiger partial charge in [-0.2, -0.15) is 4.89 Å². The zero-order valence-corrected chi connectivity index (χ0v) is 9.86. The first-order chi connectivity index (χ1) is 8.93. The topological polar surface area (TPSA) is 27.7 Å². The molecule has 0 amide bonds. The van der Waals surface area contributed by atoms with Crippen LogP contribution in [-0.4, -0.2) is 6.61 Å². The molecule has 1 aliphatic heterocycles. The lowest BCUT2D eigenvalue weighted by molar-refractivity contribution is -0.449. The summed E-state index contributed by atoms with van der Waals surface area (Å²) in [7, 11) is 0. The molecule has 92 valence electrons. The van der Waals surface area contributed by atoms with E-state index in [-0.39, 0.29) is 6.10 Å². The third-order valence-electron chi connectivity index (χ3n) is 2.90. The second kappa shape index (κ2) is 5.31. The van der Waals surface area contributed by atoms with Crippen molar-refractivity contribution in [2.24, 2.45) is 0 Å². The maximum absolute atomic E-state index is 5.68. The van der Waals surface area contributed by atoms with E-state index in [1.54, 1.807) is 0 Å². The van der Waals surface area contributed by atoms with Gasteiger partial charge in [0, 0.05) is 5.56 Å². The summed E-state index contributed by atoms with van der Waals surface area (Å²) in [5.74, 6) is 0. The van der Waals surface area contributed by atoms with Gasteiger partial charge in [-0.1, -0.05) is 60.7 Å². The minimum Gasteiger partial charge on any atom is -0.343 e. The van der Waals surface area contributed by atoms with Gasteiger partial charge in [0.1, 0.15) is 6.10 Å². The molecular weight excluding hydrogens is 228 g/mol. The smallest absolute Gasteiger partial charge is 0.217 e. The Kier molecular flexibility index (Phi) is 3.37. The van der Waals surface area contributed by atoms with Crippen molar-refractivity contribution in [1.29, 1.82) is 0 Å². The van der Waals surface area contributed by atoms with Crippen LogP contribution in [-0.2, 0) is 14.5 Å². The maximum Gasteiger partial charge on any atom is 0.217 e. The Morgan fingerprint density at radius 2 is 1.33 bits per heavy atom. The highest BCUT2D eigenvalue weighted by atomic mass is 17.2. The minimum atomic E-state index is -0.439. The molecule has 18 heavy (non-hydrogen) atoms. The first kappa shape index (κ1) is 11.4. The number of benzene rings is 2. The molecular formula is C15H14O3. The predicted molar refractivity (Wildman–Crippen MR) is 66.5 cm³/mol. The summed E-state index contributed by atoms with van der Waals surface area (Å²) < 4.78 is 5.68. The van der Waals surface area contributed by atoms with Crippen LogP contribution in [0.4, 0.5) is 0 Å². The summed E-state index contributed by atoms with van der Waals surface area (Å²) in [5.41, 5.74) is 2.02. The van der Waals surface area contributed by atoms with E-state index in [1.807, 2.05) is 60.7 Å². The van der Waals surface area contributed by atoms with Gasteiger partial charge in [-0.05, 0) is 5.56 Å². The van der Waals surface area contributed by atoms with Gasteiger partial charge in [-0.3, -0.25) is 0 Å². The van der Waals surface area contributed by atoms with Gasteiger partial charge in [0.25, 0.3) is 0 Å². The third kappa shape index (κ3) is 2.43. The number of hydrogen-bond donors (Lipinski definition) is 0. The van der Waals surface area contributed by atoms with E-state index in [0.717, 1.165) is 11.1 Å². The Bertz CT molecular complexity index is 428. The standard InChI is InChI=1S/C15H14O3/c1-3-7-12(8-4-1)14-11-16-15(18-17-14)13-9-5-2-6-10-13/h1-10,14-15H,11H2. The fourth-order valence-corrected chi connectivity index (χ4v) is 1.93. The highest BCUT2D eigenvalue weighted by Gasteiger charge is 2.25. The van der Waals surface area contributed by atoms with Crippen LogP contribution in [0.1, 0.15) is 23.5 Å². The lowest BCUT2D eigenvalue weighted by Gasteiger charge is -2.28. The van der Waals surface area contributed by atoms with Crippen molar-refractivity contribution in [1.82, 2.24) is 0 Å². The molecule has 0 aliphatic carbocycles. The molecule has 0 aromatic heterocycles. The molecule has 0 N–H and O–H groups in total. The molecule has 1 saturated heterocycles. The lowest BCUT2D eigenvalue weighted by Crippen LogP contribution is -2.23. The quantitative estimate of drug-likeness (QED) is 0.755. The summed E-state index contributed by atoms with van der Waals surface area (Å²) >= 11 is 0. The van der Waals surface area contributed by atoms with Gasteiger partial charge in [-0.25, -0.2) is 4.89 Å². The monoisotopic (exact) mass is 242 g/mol. The van der Waals surface area contributed by atoms with Crippen LogP contribution in [0.15, 0.2) is 60.7 Å². The van der Waals surface area contributed by atoms with Crippen molar-refractivity contribution in [3.63, 3.8) is 0 Å². The normalized spacial score (nSPS) is 23.8. The zero-order valence-electron chi connectivity index (χ0n) is 9.86. The van der Waals surface area contributed by atoms with E-state index in [0.29, 0.717) is 6.61 Å². The summed E-state index contributed by atoms with van der Waals surface area (Å²) in [6.07, 6.45) is -0.600. The van der Waals surface area contributed by atoms with Gasteiger partial charge in [-0.15, -0.1) is 0 Å².